The third-order valence-electron chi connectivity index (χ3n) is 2.95. The van der Waals surface area contributed by atoms with Gasteiger partial charge in [0.15, 0.2) is 0 Å². The number of likely N-dealkylation sites (N-methyl/N-ethyl adjacent to an activating group) is 1. The van der Waals surface area contributed by atoms with Gasteiger partial charge in [-0.05, 0) is 48.0 Å². The van der Waals surface area contributed by atoms with Crippen LogP contribution in [-0.2, 0) is 0 Å². The van der Waals surface area contributed by atoms with Crippen molar-refractivity contribution in [2.24, 2.45) is 0 Å². The van der Waals surface area contributed by atoms with Gasteiger partial charge < -0.3 is 10.2 Å². The molecular weight excluding hydrogens is 254 g/mol. The number of rotatable bonds is 2. The van der Waals surface area contributed by atoms with Crippen LogP contribution < -0.4 is 10.2 Å². The first-order chi connectivity index (χ1) is 7.20. The quantitative estimate of drug-likeness (QED) is 0.890. The van der Waals surface area contributed by atoms with Crippen molar-refractivity contribution < 1.29 is 0 Å². The highest BCUT2D eigenvalue weighted by Crippen LogP contribution is 2.22. The van der Waals surface area contributed by atoms with Crippen LogP contribution in [0.4, 0.5) is 5.82 Å². The molecule has 0 aromatic carbocycles. The van der Waals surface area contributed by atoms with Crippen molar-refractivity contribution in [1.82, 2.24) is 10.3 Å². The summed E-state index contributed by atoms with van der Waals surface area (Å²) in [6.45, 7) is 4.25. The Hall–Kier alpha value is -0.610. The normalized spacial score (nSPS) is 21.0. The van der Waals surface area contributed by atoms with Crippen LogP contribution in [0.2, 0.25) is 0 Å². The Morgan fingerprint density at radius 1 is 1.60 bits per heavy atom. The fourth-order valence-electron chi connectivity index (χ4n) is 1.90. The number of pyridine rings is 1. The number of nitrogens with one attached hydrogen (secondary N) is 1. The molecular formula is C11H16BrN3. The molecule has 1 N–H and O–H groups in total. The van der Waals surface area contributed by atoms with Gasteiger partial charge in [0.25, 0.3) is 0 Å². The Balaban J connectivity index is 2.13. The lowest BCUT2D eigenvalue weighted by Gasteiger charge is -2.18. The first-order valence-corrected chi connectivity index (χ1v) is 6.04. The molecule has 0 aliphatic carbocycles. The van der Waals surface area contributed by atoms with Crippen LogP contribution in [0.25, 0.3) is 0 Å². The summed E-state index contributed by atoms with van der Waals surface area (Å²) in [6.07, 6.45) is 3.09. The Kier molecular flexibility index (Phi) is 3.26. The van der Waals surface area contributed by atoms with E-state index in [1.54, 1.807) is 0 Å². The maximum atomic E-state index is 4.44. The third-order valence-corrected chi connectivity index (χ3v) is 3.78. The van der Waals surface area contributed by atoms with Gasteiger partial charge in [-0.25, -0.2) is 4.98 Å². The first kappa shape index (κ1) is 10.9. The minimum Gasteiger partial charge on any atom is -0.355 e. The van der Waals surface area contributed by atoms with E-state index in [2.05, 4.69) is 44.1 Å². The molecule has 1 aromatic rings. The molecule has 4 heteroatoms. The maximum absolute atomic E-state index is 4.44. The summed E-state index contributed by atoms with van der Waals surface area (Å²) >= 11 is 3.47. The number of halogens is 1. The van der Waals surface area contributed by atoms with Gasteiger partial charge in [-0.2, -0.15) is 0 Å². The Bertz CT molecular complexity index is 354. The fraction of sp³-hybridized carbons (Fsp3) is 0.545. The maximum Gasteiger partial charge on any atom is 0.128 e. The van der Waals surface area contributed by atoms with Crippen LogP contribution in [0.5, 0.6) is 0 Å². The number of anilines is 1. The van der Waals surface area contributed by atoms with Gasteiger partial charge >= 0.3 is 0 Å². The molecule has 1 fully saturated rings. The molecule has 15 heavy (non-hydrogen) atoms. The summed E-state index contributed by atoms with van der Waals surface area (Å²) in [5, 5.41) is 3.31. The van der Waals surface area contributed by atoms with Crippen molar-refractivity contribution >= 4 is 21.7 Å². The minimum absolute atomic E-state index is 0.607. The largest absolute Gasteiger partial charge is 0.355 e. The van der Waals surface area contributed by atoms with Gasteiger partial charge in [-0.1, -0.05) is 0 Å². The monoisotopic (exact) mass is 269 g/mol. The van der Waals surface area contributed by atoms with Gasteiger partial charge in [0.05, 0.1) is 0 Å². The number of hydrogen-bond donors (Lipinski definition) is 1. The van der Waals surface area contributed by atoms with E-state index in [1.807, 2.05) is 13.2 Å². The molecule has 0 saturated carbocycles. The standard InChI is InChI=1S/C11H16BrN3/c1-8-5-11(14-6-10(8)12)15-4-3-9(7-15)13-2/h5-6,9,13H,3-4,7H2,1-2H3/t9-/m1/s1. The number of aryl methyl sites for hydroxylation is 1. The molecule has 1 saturated heterocycles. The average molecular weight is 270 g/mol. The molecule has 0 unspecified atom stereocenters. The van der Waals surface area contributed by atoms with E-state index in [0.29, 0.717) is 6.04 Å². The minimum atomic E-state index is 0.607. The van der Waals surface area contributed by atoms with E-state index in [4.69, 9.17) is 0 Å². The van der Waals surface area contributed by atoms with Crippen molar-refractivity contribution in [3.63, 3.8) is 0 Å². The van der Waals surface area contributed by atoms with E-state index in [0.717, 1.165) is 23.4 Å². The summed E-state index contributed by atoms with van der Waals surface area (Å²) in [4.78, 5) is 6.78. The molecule has 0 spiro atoms. The second-order valence-electron chi connectivity index (χ2n) is 4.01. The summed E-state index contributed by atoms with van der Waals surface area (Å²) in [6, 6.07) is 2.75. The van der Waals surface area contributed by atoms with E-state index in [1.165, 1.54) is 12.0 Å². The van der Waals surface area contributed by atoms with Crippen LogP contribution in [0, 0.1) is 6.92 Å². The second kappa shape index (κ2) is 4.49. The van der Waals surface area contributed by atoms with Gasteiger partial charge in [0.1, 0.15) is 5.82 Å². The molecule has 0 radical (unpaired) electrons. The SMILES string of the molecule is CN[C@@H]1CCN(c2cc(C)c(Br)cn2)C1. The van der Waals surface area contributed by atoms with Crippen molar-refractivity contribution in [2.75, 3.05) is 25.0 Å². The molecule has 0 amide bonds. The number of aromatic nitrogens is 1. The molecule has 1 aliphatic rings. The van der Waals surface area contributed by atoms with Crippen LogP contribution in [-0.4, -0.2) is 31.2 Å². The Morgan fingerprint density at radius 3 is 3.00 bits per heavy atom. The molecule has 1 aromatic heterocycles. The highest BCUT2D eigenvalue weighted by molar-refractivity contribution is 9.10. The van der Waals surface area contributed by atoms with Crippen LogP contribution >= 0.6 is 15.9 Å². The third kappa shape index (κ3) is 2.32. The molecule has 2 rings (SSSR count). The van der Waals surface area contributed by atoms with E-state index < -0.39 is 0 Å². The number of nitrogens with zero attached hydrogens (tertiary/aromatic N) is 2. The summed E-state index contributed by atoms with van der Waals surface area (Å²) in [7, 11) is 2.02. The zero-order valence-electron chi connectivity index (χ0n) is 9.13. The van der Waals surface area contributed by atoms with E-state index in [-0.39, 0.29) is 0 Å². The van der Waals surface area contributed by atoms with Gasteiger partial charge in [0.2, 0.25) is 0 Å². The molecule has 0 bridgehead atoms. The molecule has 82 valence electrons. The van der Waals surface area contributed by atoms with Gasteiger partial charge in [-0.15, -0.1) is 0 Å². The predicted octanol–water partition coefficient (Wildman–Crippen LogP) is 1.95. The Labute approximate surface area is 99.0 Å². The lowest BCUT2D eigenvalue weighted by Crippen LogP contribution is -2.29. The highest BCUT2D eigenvalue weighted by atomic mass is 79.9. The predicted molar refractivity (Wildman–Crippen MR) is 66.4 cm³/mol. The average Bonchev–Trinajstić information content (AvgIpc) is 2.70. The molecule has 1 atom stereocenters. The summed E-state index contributed by atoms with van der Waals surface area (Å²) in [5.41, 5.74) is 1.24. The summed E-state index contributed by atoms with van der Waals surface area (Å²) < 4.78 is 1.08. The first-order valence-electron chi connectivity index (χ1n) is 5.25. The van der Waals surface area contributed by atoms with E-state index in [9.17, 15) is 0 Å². The zero-order chi connectivity index (χ0) is 10.8. The zero-order valence-corrected chi connectivity index (χ0v) is 10.7. The lowest BCUT2D eigenvalue weighted by atomic mass is 10.3. The number of hydrogen-bond acceptors (Lipinski definition) is 3. The van der Waals surface area contributed by atoms with Crippen molar-refractivity contribution in [2.45, 2.75) is 19.4 Å². The lowest BCUT2D eigenvalue weighted by molar-refractivity contribution is 0.616. The highest BCUT2D eigenvalue weighted by Gasteiger charge is 2.21. The van der Waals surface area contributed by atoms with E-state index >= 15 is 0 Å². The van der Waals surface area contributed by atoms with Crippen molar-refractivity contribution in [1.29, 1.82) is 0 Å². The summed E-state index contributed by atoms with van der Waals surface area (Å²) in [5.74, 6) is 1.09. The van der Waals surface area contributed by atoms with Gasteiger partial charge in [0, 0.05) is 29.8 Å². The second-order valence-corrected chi connectivity index (χ2v) is 4.87. The Morgan fingerprint density at radius 2 is 2.40 bits per heavy atom. The van der Waals surface area contributed by atoms with Crippen molar-refractivity contribution in [3.8, 4) is 0 Å². The van der Waals surface area contributed by atoms with Crippen LogP contribution in [0.15, 0.2) is 16.7 Å². The smallest absolute Gasteiger partial charge is 0.128 e. The van der Waals surface area contributed by atoms with Crippen molar-refractivity contribution in [3.05, 3.63) is 22.3 Å². The van der Waals surface area contributed by atoms with Crippen LogP contribution in [0.3, 0.4) is 0 Å². The van der Waals surface area contributed by atoms with Gasteiger partial charge in [-0.3, -0.25) is 0 Å². The fourth-order valence-corrected chi connectivity index (χ4v) is 2.12. The molecule has 1 aliphatic heterocycles. The van der Waals surface area contributed by atoms with Crippen LogP contribution in [0.1, 0.15) is 12.0 Å². The topological polar surface area (TPSA) is 28.2 Å². The molecule has 2 heterocycles. The molecule has 3 nitrogen and oxygen atoms in total.